The van der Waals surface area contributed by atoms with Gasteiger partial charge in [0.1, 0.15) is 6.42 Å². The summed E-state index contributed by atoms with van der Waals surface area (Å²) < 4.78 is 0. The van der Waals surface area contributed by atoms with E-state index in [4.69, 9.17) is 0 Å². The van der Waals surface area contributed by atoms with Gasteiger partial charge in [-0.05, 0) is 68.7 Å². The largest absolute Gasteiger partial charge is 0.372 e. The lowest BCUT2D eigenvalue weighted by Gasteiger charge is -2.22. The van der Waals surface area contributed by atoms with Crippen LogP contribution < -0.4 is 10.2 Å². The maximum atomic E-state index is 12.3. The average molecular weight is 383 g/mol. The molecule has 0 aliphatic rings. The molecule has 0 saturated carbocycles. The Balaban J connectivity index is 1.87. The molecule has 0 aliphatic heterocycles. The van der Waals surface area contributed by atoms with Crippen molar-refractivity contribution in [1.82, 2.24) is 9.88 Å². The van der Waals surface area contributed by atoms with E-state index in [0.717, 1.165) is 42.0 Å². The smallest absolute Gasteiger partial charge is 0.233 e. The number of rotatable bonds is 9. The standard InChI is InChI=1S/C22H30N4O2/c1-5-26(6-2)19-7-8-20(17(3)15-19)24-21(27)16-22(28)25(4)14-11-18-9-12-23-13-10-18/h7-10,12-13,15H,5-6,11,14,16H2,1-4H3,(H,24,27). The normalized spacial score (nSPS) is 10.4. The molecule has 0 fully saturated rings. The number of hydrogen-bond donors (Lipinski definition) is 1. The zero-order valence-electron chi connectivity index (χ0n) is 17.2. The van der Waals surface area contributed by atoms with Gasteiger partial charge in [0.15, 0.2) is 0 Å². The van der Waals surface area contributed by atoms with Crippen molar-refractivity contribution in [2.75, 3.05) is 36.9 Å². The first-order valence-electron chi connectivity index (χ1n) is 9.72. The number of nitrogens with zero attached hydrogens (tertiary/aromatic N) is 3. The van der Waals surface area contributed by atoms with Gasteiger partial charge in [-0.2, -0.15) is 0 Å². The third-order valence-corrected chi connectivity index (χ3v) is 4.84. The zero-order valence-corrected chi connectivity index (χ0v) is 17.2. The first kappa shape index (κ1) is 21.4. The molecule has 0 aliphatic carbocycles. The van der Waals surface area contributed by atoms with Crippen LogP contribution in [0, 0.1) is 6.92 Å². The minimum Gasteiger partial charge on any atom is -0.372 e. The van der Waals surface area contributed by atoms with Gasteiger partial charge >= 0.3 is 0 Å². The summed E-state index contributed by atoms with van der Waals surface area (Å²) in [6.45, 7) is 8.62. The molecule has 0 unspecified atom stereocenters. The lowest BCUT2D eigenvalue weighted by Crippen LogP contribution is -2.32. The molecular formula is C22H30N4O2. The maximum absolute atomic E-state index is 12.3. The summed E-state index contributed by atoms with van der Waals surface area (Å²) in [5, 5.41) is 2.86. The highest BCUT2D eigenvalue weighted by Crippen LogP contribution is 2.22. The Labute approximate surface area is 167 Å². The van der Waals surface area contributed by atoms with Crippen LogP contribution in [-0.2, 0) is 16.0 Å². The number of pyridine rings is 1. The van der Waals surface area contributed by atoms with Crippen LogP contribution in [0.25, 0.3) is 0 Å². The molecule has 0 spiro atoms. The summed E-state index contributed by atoms with van der Waals surface area (Å²) in [7, 11) is 1.72. The molecule has 0 bridgehead atoms. The number of anilines is 2. The van der Waals surface area contributed by atoms with Crippen LogP contribution in [0.15, 0.2) is 42.7 Å². The summed E-state index contributed by atoms with van der Waals surface area (Å²) in [6, 6.07) is 9.81. The summed E-state index contributed by atoms with van der Waals surface area (Å²) in [5.41, 5.74) is 3.97. The Morgan fingerprint density at radius 1 is 1.07 bits per heavy atom. The third kappa shape index (κ3) is 6.08. The molecule has 2 amide bonds. The van der Waals surface area contributed by atoms with Gasteiger partial charge in [0, 0.05) is 50.5 Å². The van der Waals surface area contributed by atoms with Crippen molar-refractivity contribution in [2.45, 2.75) is 33.6 Å². The van der Waals surface area contributed by atoms with Gasteiger partial charge in [-0.25, -0.2) is 0 Å². The fourth-order valence-electron chi connectivity index (χ4n) is 3.01. The summed E-state index contributed by atoms with van der Waals surface area (Å²) in [6.07, 6.45) is 4.04. The van der Waals surface area contributed by atoms with Gasteiger partial charge in [0.25, 0.3) is 0 Å². The lowest BCUT2D eigenvalue weighted by atomic mass is 10.1. The lowest BCUT2D eigenvalue weighted by molar-refractivity contribution is -0.133. The van der Waals surface area contributed by atoms with Crippen LogP contribution in [0.3, 0.4) is 0 Å². The Kier molecular flexibility index (Phi) is 7.99. The topological polar surface area (TPSA) is 65.5 Å². The second kappa shape index (κ2) is 10.4. The van der Waals surface area contributed by atoms with E-state index in [1.165, 1.54) is 0 Å². The molecule has 1 heterocycles. The molecule has 6 heteroatoms. The first-order chi connectivity index (χ1) is 13.4. The molecule has 1 aromatic carbocycles. The van der Waals surface area contributed by atoms with Crippen molar-refractivity contribution in [3.63, 3.8) is 0 Å². The fraction of sp³-hybridized carbons (Fsp3) is 0.409. The molecular weight excluding hydrogens is 352 g/mol. The minimum atomic E-state index is -0.292. The van der Waals surface area contributed by atoms with Gasteiger partial charge < -0.3 is 15.1 Å². The highest BCUT2D eigenvalue weighted by atomic mass is 16.2. The van der Waals surface area contributed by atoms with Gasteiger partial charge in [-0.1, -0.05) is 0 Å². The molecule has 1 N–H and O–H groups in total. The third-order valence-electron chi connectivity index (χ3n) is 4.84. The van der Waals surface area contributed by atoms with Crippen molar-refractivity contribution in [3.8, 4) is 0 Å². The van der Waals surface area contributed by atoms with Crippen molar-refractivity contribution in [2.24, 2.45) is 0 Å². The van der Waals surface area contributed by atoms with Crippen molar-refractivity contribution in [3.05, 3.63) is 53.9 Å². The van der Waals surface area contributed by atoms with Crippen LogP contribution in [0.1, 0.15) is 31.4 Å². The van der Waals surface area contributed by atoms with Crippen LogP contribution >= 0.6 is 0 Å². The molecule has 2 rings (SSSR count). The molecule has 150 valence electrons. The van der Waals surface area contributed by atoms with Crippen molar-refractivity contribution in [1.29, 1.82) is 0 Å². The van der Waals surface area contributed by atoms with E-state index in [1.54, 1.807) is 24.3 Å². The van der Waals surface area contributed by atoms with Gasteiger partial charge in [-0.15, -0.1) is 0 Å². The van der Waals surface area contributed by atoms with Crippen LogP contribution in [0.2, 0.25) is 0 Å². The number of amides is 2. The quantitative estimate of drug-likeness (QED) is 0.676. The number of aryl methyl sites for hydroxylation is 1. The summed E-state index contributed by atoms with van der Waals surface area (Å²) in [5.74, 6) is -0.483. The Hall–Kier alpha value is -2.89. The van der Waals surface area contributed by atoms with Crippen LogP contribution in [0.4, 0.5) is 11.4 Å². The predicted octanol–water partition coefficient (Wildman–Crippen LogP) is 3.27. The van der Waals surface area contributed by atoms with E-state index in [-0.39, 0.29) is 18.2 Å². The van der Waals surface area contributed by atoms with E-state index < -0.39 is 0 Å². The SMILES string of the molecule is CCN(CC)c1ccc(NC(=O)CC(=O)N(C)CCc2ccncc2)c(C)c1. The van der Waals surface area contributed by atoms with E-state index in [0.29, 0.717) is 6.54 Å². The summed E-state index contributed by atoms with van der Waals surface area (Å²) in [4.78, 5) is 32.5. The molecule has 6 nitrogen and oxygen atoms in total. The number of carbonyl (C=O) groups is 2. The van der Waals surface area contributed by atoms with Gasteiger partial charge in [0.05, 0.1) is 0 Å². The number of benzene rings is 1. The first-order valence-corrected chi connectivity index (χ1v) is 9.72. The molecule has 0 atom stereocenters. The number of likely N-dealkylation sites (N-methyl/N-ethyl adjacent to an activating group) is 1. The summed E-state index contributed by atoms with van der Waals surface area (Å²) >= 11 is 0. The van der Waals surface area contributed by atoms with Crippen molar-refractivity contribution >= 4 is 23.2 Å². The highest BCUT2D eigenvalue weighted by molar-refractivity contribution is 6.03. The predicted molar refractivity (Wildman–Crippen MR) is 114 cm³/mol. The van der Waals surface area contributed by atoms with Crippen molar-refractivity contribution < 1.29 is 9.59 Å². The molecule has 0 radical (unpaired) electrons. The molecule has 2 aromatic rings. The molecule has 0 saturated heterocycles. The number of carbonyl (C=O) groups excluding carboxylic acids is 2. The van der Waals surface area contributed by atoms with Gasteiger partial charge in [0.2, 0.25) is 11.8 Å². The van der Waals surface area contributed by atoms with Gasteiger partial charge in [-0.3, -0.25) is 14.6 Å². The second-order valence-electron chi connectivity index (χ2n) is 6.82. The van der Waals surface area contributed by atoms with E-state index in [9.17, 15) is 9.59 Å². The number of aromatic nitrogens is 1. The highest BCUT2D eigenvalue weighted by Gasteiger charge is 2.15. The molecule has 28 heavy (non-hydrogen) atoms. The van der Waals surface area contributed by atoms with Crippen LogP contribution in [-0.4, -0.2) is 48.4 Å². The monoisotopic (exact) mass is 382 g/mol. The Bertz CT molecular complexity index is 788. The van der Waals surface area contributed by atoms with E-state index >= 15 is 0 Å². The Morgan fingerprint density at radius 2 is 1.75 bits per heavy atom. The minimum absolute atomic E-state index is 0.163. The van der Waals surface area contributed by atoms with E-state index in [2.05, 4.69) is 35.1 Å². The Morgan fingerprint density at radius 3 is 2.36 bits per heavy atom. The average Bonchev–Trinajstić information content (AvgIpc) is 2.69. The van der Waals surface area contributed by atoms with E-state index in [1.807, 2.05) is 31.2 Å². The van der Waals surface area contributed by atoms with Crippen LogP contribution in [0.5, 0.6) is 0 Å². The fourth-order valence-corrected chi connectivity index (χ4v) is 3.01. The number of hydrogen-bond acceptors (Lipinski definition) is 4. The second-order valence-corrected chi connectivity index (χ2v) is 6.82. The maximum Gasteiger partial charge on any atom is 0.233 e. The zero-order chi connectivity index (χ0) is 20.5. The molecule has 1 aromatic heterocycles. The number of nitrogens with one attached hydrogen (secondary N) is 1.